The Morgan fingerprint density at radius 2 is 1.93 bits per heavy atom. The second-order valence-corrected chi connectivity index (χ2v) is 7.92. The minimum absolute atomic E-state index is 0.216. The van der Waals surface area contributed by atoms with Gasteiger partial charge in [0.1, 0.15) is 5.82 Å². The SMILES string of the molecule is CC1(O)CCN(C(=O)c2ccc(-c3ccc4nccc(Cl)c4c3)c(F)c2)CC1. The minimum atomic E-state index is -0.738. The molecule has 1 amide bonds. The van der Waals surface area contributed by atoms with Crippen molar-refractivity contribution in [2.45, 2.75) is 25.4 Å². The first-order valence-corrected chi connectivity index (χ1v) is 9.58. The number of likely N-dealkylation sites (tertiary alicyclic amines) is 1. The number of nitrogens with zero attached hydrogens (tertiary/aromatic N) is 2. The summed E-state index contributed by atoms with van der Waals surface area (Å²) in [4.78, 5) is 18.6. The summed E-state index contributed by atoms with van der Waals surface area (Å²) < 4.78 is 14.8. The fraction of sp³-hybridized carbons (Fsp3) is 0.273. The van der Waals surface area contributed by atoms with Gasteiger partial charge in [-0.3, -0.25) is 9.78 Å². The lowest BCUT2D eigenvalue weighted by Crippen LogP contribution is -2.45. The molecule has 0 atom stereocenters. The third-order valence-electron chi connectivity index (χ3n) is 5.34. The van der Waals surface area contributed by atoms with Crippen LogP contribution in [0, 0.1) is 5.82 Å². The lowest BCUT2D eigenvalue weighted by atomic mass is 9.93. The highest BCUT2D eigenvalue weighted by Gasteiger charge is 2.30. The Hall–Kier alpha value is -2.50. The summed E-state index contributed by atoms with van der Waals surface area (Å²) in [6.07, 6.45) is 2.67. The lowest BCUT2D eigenvalue weighted by Gasteiger charge is -2.35. The predicted octanol–water partition coefficient (Wildman–Crippen LogP) is 4.68. The topological polar surface area (TPSA) is 53.4 Å². The quantitative estimate of drug-likeness (QED) is 0.681. The molecule has 0 radical (unpaired) electrons. The molecule has 4 nitrogen and oxygen atoms in total. The third kappa shape index (κ3) is 3.60. The lowest BCUT2D eigenvalue weighted by molar-refractivity contribution is -0.00203. The van der Waals surface area contributed by atoms with Crippen molar-refractivity contribution < 1.29 is 14.3 Å². The molecule has 1 saturated heterocycles. The average molecular weight is 399 g/mol. The van der Waals surface area contributed by atoms with Crippen molar-refractivity contribution in [1.29, 1.82) is 0 Å². The number of pyridine rings is 1. The Kier molecular flexibility index (Phi) is 4.81. The maximum atomic E-state index is 14.8. The number of aromatic nitrogens is 1. The van der Waals surface area contributed by atoms with E-state index in [9.17, 15) is 14.3 Å². The number of halogens is 2. The highest BCUT2D eigenvalue weighted by molar-refractivity contribution is 6.35. The molecule has 144 valence electrons. The van der Waals surface area contributed by atoms with Crippen LogP contribution in [0.1, 0.15) is 30.1 Å². The molecule has 0 aliphatic carbocycles. The van der Waals surface area contributed by atoms with Crippen molar-refractivity contribution in [3.05, 3.63) is 65.1 Å². The molecule has 1 fully saturated rings. The first-order valence-electron chi connectivity index (χ1n) is 9.20. The minimum Gasteiger partial charge on any atom is -0.390 e. The number of piperidine rings is 1. The van der Waals surface area contributed by atoms with Crippen molar-refractivity contribution in [2.24, 2.45) is 0 Å². The van der Waals surface area contributed by atoms with Gasteiger partial charge >= 0.3 is 0 Å². The van der Waals surface area contributed by atoms with Crippen LogP contribution in [0.2, 0.25) is 5.02 Å². The molecule has 1 N–H and O–H groups in total. The van der Waals surface area contributed by atoms with E-state index in [1.165, 1.54) is 6.07 Å². The number of aliphatic hydroxyl groups is 1. The molecule has 2 heterocycles. The fourth-order valence-electron chi connectivity index (χ4n) is 3.54. The summed E-state index contributed by atoms with van der Waals surface area (Å²) in [6.45, 7) is 2.70. The Labute approximate surface area is 167 Å². The van der Waals surface area contributed by atoms with Gasteiger partial charge in [-0.05, 0) is 55.7 Å². The van der Waals surface area contributed by atoms with Crippen LogP contribution in [0.15, 0.2) is 48.7 Å². The van der Waals surface area contributed by atoms with E-state index in [-0.39, 0.29) is 5.91 Å². The van der Waals surface area contributed by atoms with Crippen molar-refractivity contribution >= 4 is 28.4 Å². The van der Waals surface area contributed by atoms with E-state index in [1.807, 2.05) is 0 Å². The summed E-state index contributed by atoms with van der Waals surface area (Å²) in [6, 6.07) is 11.6. The number of rotatable bonds is 2. The van der Waals surface area contributed by atoms with Gasteiger partial charge in [0, 0.05) is 35.8 Å². The Morgan fingerprint density at radius 1 is 1.18 bits per heavy atom. The van der Waals surface area contributed by atoms with Gasteiger partial charge in [0.25, 0.3) is 5.91 Å². The van der Waals surface area contributed by atoms with Crippen LogP contribution in [0.3, 0.4) is 0 Å². The highest BCUT2D eigenvalue weighted by atomic mass is 35.5. The van der Waals surface area contributed by atoms with E-state index in [2.05, 4.69) is 4.98 Å². The van der Waals surface area contributed by atoms with Gasteiger partial charge in [0.2, 0.25) is 0 Å². The fourth-order valence-corrected chi connectivity index (χ4v) is 3.74. The molecule has 1 aromatic heterocycles. The summed E-state index contributed by atoms with van der Waals surface area (Å²) >= 11 is 6.23. The van der Waals surface area contributed by atoms with Gasteiger partial charge in [0.15, 0.2) is 0 Å². The highest BCUT2D eigenvalue weighted by Crippen LogP contribution is 2.30. The molecule has 6 heteroatoms. The number of amides is 1. The van der Waals surface area contributed by atoms with E-state index in [4.69, 9.17) is 11.6 Å². The monoisotopic (exact) mass is 398 g/mol. The molecule has 4 rings (SSSR count). The molecular formula is C22H20ClFN2O2. The summed E-state index contributed by atoms with van der Waals surface area (Å²) in [7, 11) is 0. The van der Waals surface area contributed by atoms with Crippen LogP contribution in [0.4, 0.5) is 4.39 Å². The zero-order valence-electron chi connectivity index (χ0n) is 15.5. The van der Waals surface area contributed by atoms with E-state index in [1.54, 1.807) is 54.4 Å². The second-order valence-electron chi connectivity index (χ2n) is 7.51. The molecule has 0 bridgehead atoms. The van der Waals surface area contributed by atoms with Gasteiger partial charge in [-0.1, -0.05) is 23.7 Å². The molecule has 0 spiro atoms. The van der Waals surface area contributed by atoms with E-state index in [0.29, 0.717) is 47.6 Å². The zero-order chi connectivity index (χ0) is 19.9. The van der Waals surface area contributed by atoms with E-state index < -0.39 is 11.4 Å². The van der Waals surface area contributed by atoms with Crippen LogP contribution in [0.25, 0.3) is 22.0 Å². The van der Waals surface area contributed by atoms with Gasteiger partial charge in [0.05, 0.1) is 16.1 Å². The summed E-state index contributed by atoms with van der Waals surface area (Å²) in [5.74, 6) is -0.680. The van der Waals surface area contributed by atoms with E-state index >= 15 is 0 Å². The zero-order valence-corrected chi connectivity index (χ0v) is 16.2. The van der Waals surface area contributed by atoms with Crippen LogP contribution in [0.5, 0.6) is 0 Å². The van der Waals surface area contributed by atoms with E-state index in [0.717, 1.165) is 10.9 Å². The summed E-state index contributed by atoms with van der Waals surface area (Å²) in [5, 5.41) is 11.3. The Bertz CT molecular complexity index is 1060. The van der Waals surface area contributed by atoms with Crippen LogP contribution in [-0.4, -0.2) is 39.6 Å². The van der Waals surface area contributed by atoms with Gasteiger partial charge in [-0.25, -0.2) is 4.39 Å². The number of carbonyl (C=O) groups excluding carboxylic acids is 1. The van der Waals surface area contributed by atoms with Crippen LogP contribution < -0.4 is 0 Å². The molecule has 3 aromatic rings. The largest absolute Gasteiger partial charge is 0.390 e. The Morgan fingerprint density at radius 3 is 2.64 bits per heavy atom. The normalized spacial score (nSPS) is 16.4. The summed E-state index contributed by atoms with van der Waals surface area (Å²) in [5.41, 5.74) is 1.39. The maximum absolute atomic E-state index is 14.8. The Balaban J connectivity index is 1.62. The van der Waals surface area contributed by atoms with Gasteiger partial charge < -0.3 is 10.0 Å². The van der Waals surface area contributed by atoms with Crippen molar-refractivity contribution in [1.82, 2.24) is 9.88 Å². The molecule has 0 saturated carbocycles. The van der Waals surface area contributed by atoms with Crippen molar-refractivity contribution in [3.8, 4) is 11.1 Å². The molecule has 2 aromatic carbocycles. The van der Waals surface area contributed by atoms with Crippen molar-refractivity contribution in [2.75, 3.05) is 13.1 Å². The van der Waals surface area contributed by atoms with Gasteiger partial charge in [-0.2, -0.15) is 0 Å². The number of hydrogen-bond donors (Lipinski definition) is 1. The molecule has 1 aliphatic rings. The standard InChI is InChI=1S/C22H20ClFN2O2/c1-22(28)7-10-26(11-8-22)21(27)15-2-4-16(19(24)13-15)14-3-5-20-17(12-14)18(23)6-9-25-20/h2-6,9,12-13,28H,7-8,10-11H2,1H3. The number of fused-ring (bicyclic) bond motifs is 1. The molecular weight excluding hydrogens is 379 g/mol. The molecule has 0 unspecified atom stereocenters. The molecule has 1 aliphatic heterocycles. The van der Waals surface area contributed by atoms with Crippen molar-refractivity contribution in [3.63, 3.8) is 0 Å². The third-order valence-corrected chi connectivity index (χ3v) is 5.67. The van der Waals surface area contributed by atoms with Crippen LogP contribution in [-0.2, 0) is 0 Å². The predicted molar refractivity (Wildman–Crippen MR) is 108 cm³/mol. The molecule has 28 heavy (non-hydrogen) atoms. The smallest absolute Gasteiger partial charge is 0.253 e. The first kappa shape index (κ1) is 18.8. The van der Waals surface area contributed by atoms with Gasteiger partial charge in [-0.15, -0.1) is 0 Å². The first-order chi connectivity index (χ1) is 13.3. The van der Waals surface area contributed by atoms with Crippen LogP contribution >= 0.6 is 11.6 Å². The number of carbonyl (C=O) groups is 1. The average Bonchev–Trinajstić information content (AvgIpc) is 2.67. The second kappa shape index (κ2) is 7.15. The number of benzene rings is 2. The number of hydrogen-bond acceptors (Lipinski definition) is 3. The maximum Gasteiger partial charge on any atom is 0.253 e.